The number of nitrogens with one attached hydrogen (secondary N) is 2. The van der Waals surface area contributed by atoms with Crippen molar-refractivity contribution in [3.8, 4) is 0 Å². The Hall–Kier alpha value is -2.57. The molecule has 1 rings (SSSR count). The second-order valence-corrected chi connectivity index (χ2v) is 10.2. The zero-order valence-corrected chi connectivity index (χ0v) is 22.4. The summed E-state index contributed by atoms with van der Waals surface area (Å²) in [5, 5.41) is 5.78. The fraction of sp³-hybridized carbons (Fsp3) is 0.667. The summed E-state index contributed by atoms with van der Waals surface area (Å²) in [5.41, 5.74) is 1.04. The third-order valence-electron chi connectivity index (χ3n) is 5.48. The van der Waals surface area contributed by atoms with Crippen molar-refractivity contribution in [2.75, 3.05) is 13.1 Å². The first-order valence-electron chi connectivity index (χ1n) is 12.6. The lowest BCUT2D eigenvalue weighted by Gasteiger charge is -2.36. The molecule has 0 saturated carbocycles. The third-order valence-corrected chi connectivity index (χ3v) is 5.48. The maximum absolute atomic E-state index is 13.9. The highest BCUT2D eigenvalue weighted by molar-refractivity contribution is 5.92. The molecule has 0 heterocycles. The summed E-state index contributed by atoms with van der Waals surface area (Å²) in [6, 6.07) is 6.04. The standard InChI is InChI=1S/C27H45N3O4/c1-9-11-14-17-28-24(31)23(21-16-13-12-15-20(21)5)30(18-10-2)25(32)22(19(3)4)29-26(33)34-27(6,7)8/h12-13,15-16,19,22-23H,9-11,14,17-18H2,1-8H3,(H,28,31)(H,29,33). The molecule has 0 saturated heterocycles. The second kappa shape index (κ2) is 14.0. The largest absolute Gasteiger partial charge is 0.444 e. The molecule has 0 aliphatic rings. The molecule has 1 aromatic carbocycles. The number of amides is 3. The van der Waals surface area contributed by atoms with Crippen molar-refractivity contribution in [1.82, 2.24) is 15.5 Å². The van der Waals surface area contributed by atoms with E-state index < -0.39 is 23.8 Å². The fourth-order valence-electron chi connectivity index (χ4n) is 3.76. The van der Waals surface area contributed by atoms with Crippen molar-refractivity contribution in [1.29, 1.82) is 0 Å². The molecule has 2 N–H and O–H groups in total. The molecular weight excluding hydrogens is 430 g/mol. The van der Waals surface area contributed by atoms with E-state index in [1.807, 2.05) is 52.0 Å². The summed E-state index contributed by atoms with van der Waals surface area (Å²) in [4.78, 5) is 41.4. The molecule has 2 atom stereocenters. The van der Waals surface area contributed by atoms with Gasteiger partial charge < -0.3 is 20.3 Å². The van der Waals surface area contributed by atoms with Crippen molar-refractivity contribution in [2.45, 2.75) is 98.8 Å². The number of carbonyl (C=O) groups is 3. The molecule has 3 amide bonds. The highest BCUT2D eigenvalue weighted by Gasteiger charge is 2.37. The highest BCUT2D eigenvalue weighted by atomic mass is 16.6. The Kier molecular flexibility index (Phi) is 12.1. The van der Waals surface area contributed by atoms with Crippen LogP contribution in [0.5, 0.6) is 0 Å². The number of ether oxygens (including phenoxy) is 1. The normalized spacial score (nSPS) is 13.2. The molecule has 0 bridgehead atoms. The van der Waals surface area contributed by atoms with Gasteiger partial charge in [0.1, 0.15) is 17.7 Å². The van der Waals surface area contributed by atoms with Crippen LogP contribution in [0.15, 0.2) is 24.3 Å². The minimum Gasteiger partial charge on any atom is -0.444 e. The lowest BCUT2D eigenvalue weighted by Crippen LogP contribution is -2.55. The Morgan fingerprint density at radius 1 is 1.03 bits per heavy atom. The number of carbonyl (C=O) groups excluding carboxylic acids is 3. The van der Waals surface area contributed by atoms with Gasteiger partial charge in [0, 0.05) is 13.1 Å². The summed E-state index contributed by atoms with van der Waals surface area (Å²) in [5.74, 6) is -0.684. The SMILES string of the molecule is CCCCCNC(=O)C(c1ccccc1C)N(CCC)C(=O)C(NC(=O)OC(C)(C)C)C(C)C. The maximum atomic E-state index is 13.9. The van der Waals surface area contributed by atoms with E-state index in [1.54, 1.807) is 25.7 Å². The van der Waals surface area contributed by atoms with Gasteiger partial charge in [-0.2, -0.15) is 0 Å². The van der Waals surface area contributed by atoms with Crippen LogP contribution >= 0.6 is 0 Å². The van der Waals surface area contributed by atoms with Crippen LogP contribution in [0.1, 0.15) is 91.3 Å². The minimum atomic E-state index is -0.819. The van der Waals surface area contributed by atoms with Crippen LogP contribution < -0.4 is 10.6 Å². The van der Waals surface area contributed by atoms with E-state index in [0.717, 1.165) is 30.4 Å². The van der Waals surface area contributed by atoms with E-state index in [4.69, 9.17) is 4.74 Å². The highest BCUT2D eigenvalue weighted by Crippen LogP contribution is 2.26. The molecule has 0 aromatic heterocycles. The van der Waals surface area contributed by atoms with Gasteiger partial charge in [-0.25, -0.2) is 4.79 Å². The van der Waals surface area contributed by atoms with Gasteiger partial charge in [0.05, 0.1) is 0 Å². The van der Waals surface area contributed by atoms with Crippen LogP contribution in [0.25, 0.3) is 0 Å². The number of nitrogens with zero attached hydrogens (tertiary/aromatic N) is 1. The molecule has 34 heavy (non-hydrogen) atoms. The lowest BCUT2D eigenvalue weighted by atomic mass is 9.96. The second-order valence-electron chi connectivity index (χ2n) is 10.2. The first-order valence-corrected chi connectivity index (χ1v) is 12.6. The van der Waals surface area contributed by atoms with Crippen LogP contribution in [-0.2, 0) is 14.3 Å². The maximum Gasteiger partial charge on any atom is 0.408 e. The van der Waals surface area contributed by atoms with E-state index in [9.17, 15) is 14.4 Å². The van der Waals surface area contributed by atoms with E-state index in [1.165, 1.54) is 0 Å². The van der Waals surface area contributed by atoms with Crippen molar-refractivity contribution >= 4 is 17.9 Å². The summed E-state index contributed by atoms with van der Waals surface area (Å²) in [7, 11) is 0. The first-order chi connectivity index (χ1) is 15.9. The molecule has 7 nitrogen and oxygen atoms in total. The number of aryl methyl sites for hydroxylation is 1. The van der Waals surface area contributed by atoms with Gasteiger partial charge >= 0.3 is 6.09 Å². The van der Waals surface area contributed by atoms with Crippen molar-refractivity contribution in [3.63, 3.8) is 0 Å². The number of alkyl carbamates (subject to hydrolysis) is 1. The van der Waals surface area contributed by atoms with Gasteiger partial charge in [-0.15, -0.1) is 0 Å². The molecule has 0 fully saturated rings. The van der Waals surface area contributed by atoms with Crippen molar-refractivity contribution in [2.24, 2.45) is 5.92 Å². The summed E-state index contributed by atoms with van der Waals surface area (Å²) in [6.07, 6.45) is 3.01. The Morgan fingerprint density at radius 3 is 2.21 bits per heavy atom. The molecule has 192 valence electrons. The zero-order chi connectivity index (χ0) is 25.9. The topological polar surface area (TPSA) is 87.7 Å². The summed E-state index contributed by atoms with van der Waals surface area (Å²) in [6.45, 7) is 16.1. The summed E-state index contributed by atoms with van der Waals surface area (Å²) >= 11 is 0. The monoisotopic (exact) mass is 475 g/mol. The molecule has 0 aliphatic heterocycles. The predicted molar refractivity (Wildman–Crippen MR) is 136 cm³/mol. The average Bonchev–Trinajstić information content (AvgIpc) is 2.74. The van der Waals surface area contributed by atoms with Crippen LogP contribution in [0, 0.1) is 12.8 Å². The number of rotatable bonds is 12. The van der Waals surface area contributed by atoms with Crippen molar-refractivity contribution in [3.05, 3.63) is 35.4 Å². The molecule has 2 unspecified atom stereocenters. The van der Waals surface area contributed by atoms with Gasteiger partial charge in [0.15, 0.2) is 0 Å². The molecule has 0 radical (unpaired) electrons. The molecule has 0 aliphatic carbocycles. The lowest BCUT2D eigenvalue weighted by molar-refractivity contribution is -0.143. The van der Waals surface area contributed by atoms with Crippen LogP contribution in [-0.4, -0.2) is 47.5 Å². The predicted octanol–water partition coefficient (Wildman–Crippen LogP) is 5.13. The Labute approximate surface area is 206 Å². The van der Waals surface area contributed by atoms with Crippen LogP contribution in [0.3, 0.4) is 0 Å². The molecule has 1 aromatic rings. The van der Waals surface area contributed by atoms with E-state index in [-0.39, 0.29) is 17.7 Å². The first kappa shape index (κ1) is 29.5. The minimum absolute atomic E-state index is 0.190. The van der Waals surface area contributed by atoms with E-state index in [2.05, 4.69) is 17.6 Å². The summed E-state index contributed by atoms with van der Waals surface area (Å²) < 4.78 is 5.40. The Morgan fingerprint density at radius 2 is 1.68 bits per heavy atom. The molecule has 0 spiro atoms. The number of unbranched alkanes of at least 4 members (excludes halogenated alkanes) is 2. The van der Waals surface area contributed by atoms with E-state index >= 15 is 0 Å². The number of hydrogen-bond acceptors (Lipinski definition) is 4. The third kappa shape index (κ3) is 9.35. The van der Waals surface area contributed by atoms with Gasteiger partial charge in [0.2, 0.25) is 11.8 Å². The Bertz CT molecular complexity index is 801. The van der Waals surface area contributed by atoms with E-state index in [0.29, 0.717) is 19.5 Å². The fourth-order valence-corrected chi connectivity index (χ4v) is 3.76. The van der Waals surface area contributed by atoms with Gasteiger partial charge in [-0.1, -0.05) is 64.8 Å². The zero-order valence-electron chi connectivity index (χ0n) is 22.4. The molecular formula is C27H45N3O4. The smallest absolute Gasteiger partial charge is 0.408 e. The number of hydrogen-bond donors (Lipinski definition) is 2. The van der Waals surface area contributed by atoms with Crippen molar-refractivity contribution < 1.29 is 19.1 Å². The molecule has 7 heteroatoms. The number of benzene rings is 1. The van der Waals surface area contributed by atoms with Gasteiger partial charge in [-0.05, 0) is 57.6 Å². The van der Waals surface area contributed by atoms with Gasteiger partial charge in [-0.3, -0.25) is 9.59 Å². The average molecular weight is 476 g/mol. The quantitative estimate of drug-likeness (QED) is 0.410. The van der Waals surface area contributed by atoms with Crippen LogP contribution in [0.4, 0.5) is 4.79 Å². The van der Waals surface area contributed by atoms with Crippen LogP contribution in [0.2, 0.25) is 0 Å². The van der Waals surface area contributed by atoms with Gasteiger partial charge in [0.25, 0.3) is 0 Å². The Balaban J connectivity index is 3.33.